The van der Waals surface area contributed by atoms with Gasteiger partial charge in [0, 0.05) is 75.0 Å². The number of nitrogens with one attached hydrogen (secondary N) is 1. The molecule has 34 heteroatoms. The fourth-order valence-electron chi connectivity index (χ4n) is 20.9. The van der Waals surface area contributed by atoms with Crippen LogP contribution in [0.4, 0.5) is 26.3 Å². The molecule has 5 aromatic heterocycles. The van der Waals surface area contributed by atoms with E-state index in [2.05, 4.69) is 127 Å². The van der Waals surface area contributed by atoms with Gasteiger partial charge in [-0.15, -0.1) is 38.7 Å². The van der Waals surface area contributed by atoms with Gasteiger partial charge in [-0.1, -0.05) is 190 Å². The first-order valence-corrected chi connectivity index (χ1v) is 48.4. The van der Waals surface area contributed by atoms with Crippen LogP contribution >= 0.6 is 28.3 Å². The van der Waals surface area contributed by atoms with Gasteiger partial charge in [0.1, 0.15) is 11.5 Å². The van der Waals surface area contributed by atoms with Gasteiger partial charge in [-0.3, -0.25) is 43.1 Å². The highest BCUT2D eigenvalue weighted by Gasteiger charge is 2.57. The lowest BCUT2D eigenvalue weighted by atomic mass is 9.47. The normalized spacial score (nSPS) is 19.6. The second-order valence-corrected chi connectivity index (χ2v) is 39.0. The molecule has 21 rings (SSSR count). The van der Waals surface area contributed by atoms with Gasteiger partial charge in [0.25, 0.3) is 0 Å². The van der Waals surface area contributed by atoms with E-state index in [1.807, 2.05) is 92.0 Å². The average Bonchev–Trinajstić information content (AvgIpc) is 1.71. The number of aromatic nitrogens is 9. The average molecular weight is 2070 g/mol. The van der Waals surface area contributed by atoms with Crippen LogP contribution in [0.3, 0.4) is 0 Å². The Labute approximate surface area is 846 Å². The molecule has 0 saturated heterocycles. The number of fused-ring (bicyclic) bond motifs is 5. The van der Waals surface area contributed by atoms with E-state index >= 15 is 0 Å². The number of carbonyl (C=O) groups is 8. The van der Waals surface area contributed by atoms with Crippen LogP contribution in [-0.4, -0.2) is 149 Å². The highest BCUT2D eigenvalue weighted by Crippen LogP contribution is 2.64. The summed E-state index contributed by atoms with van der Waals surface area (Å²) in [6.45, 7) is 8.11. The maximum absolute atomic E-state index is 13.2. The molecule has 0 amide bonds. The van der Waals surface area contributed by atoms with Crippen molar-refractivity contribution in [2.75, 3.05) is 28.4 Å². The molecule has 0 aliphatic heterocycles. The van der Waals surface area contributed by atoms with E-state index in [0.717, 1.165) is 131 Å². The number of alkyl halides is 7. The summed E-state index contributed by atoms with van der Waals surface area (Å²) >= 11 is 3.38. The van der Waals surface area contributed by atoms with Crippen LogP contribution in [0, 0.1) is 66.6 Å². The van der Waals surface area contributed by atoms with Crippen molar-refractivity contribution in [1.82, 2.24) is 44.1 Å². The molecule has 10 aromatic carbocycles. The van der Waals surface area contributed by atoms with Gasteiger partial charge in [0.2, 0.25) is 0 Å². The zero-order valence-corrected chi connectivity index (χ0v) is 83.3. The lowest BCUT2D eigenvalue weighted by Gasteiger charge is -2.57. The summed E-state index contributed by atoms with van der Waals surface area (Å²) in [6, 6.07) is 66.0. The van der Waals surface area contributed by atoms with Crippen molar-refractivity contribution in [3.8, 4) is 11.5 Å². The number of rotatable bonds is 23. The molecule has 0 radical (unpaired) electrons. The van der Waals surface area contributed by atoms with Crippen molar-refractivity contribution in [3.63, 3.8) is 0 Å². The highest BCUT2D eigenvalue weighted by atomic mass is 79.9. The quantitative estimate of drug-likeness (QED) is 0.0152. The Kier molecular flexibility index (Phi) is 33.9. The second-order valence-electron chi connectivity index (χ2n) is 38.4. The molecule has 6 saturated carbocycles. The standard InChI is InChI=1S/C26H25F3N2O4.C25H23F3N2O4.C18H17NO2.C16H14N2O2.C9H8N2O2.C9H15NO2.C8H9Br.ClH/c1-34-24(33)19-12-25(13-19)10-17(11-25)9-22(32)21-4-2-3-18-14-30-31(23(18)21)15-16-5-7-20(8-6-16)35-26(27,28)29;26-25(27,28)34-19-6-4-15(5-7-19)14-30-22-17(13-29-30)2-1-3-20(22)21(31)8-16-9-24(10-16)11-18(12-24)23(32)33;1-13-6-8-14(9-7-13)12-19-11-10-15-4-3-5-16(17(15)19)18(20)21-2;1-11-5-7-12(8-6-11)10-18-15-13(9-17-18)3-2-4-14(15)16(19)20;1-13-9(12)7-4-2-3-6-5-10-11-8(6)7;1-12-8(11)6-2-9(3-6)4-7(10)5-9;1-7-2-4-8(6-9)5-3-7;/h2-8,14,17,19H,9-13,15H2,1H3;1-7,13,16,18H,8-12,14H2,(H,32,33);3-11H,12H2,1-2H3;2-9H,10H2,1H3,(H,19,20);2-5H,1H3,(H,10,11);6-7H,2-5,10H2,1H3;2-5H,6H2,1H3;1H. The lowest BCUT2D eigenvalue weighted by molar-refractivity contribution is -0.275. The molecular formula is C111H112BrClF6N10O16. The second kappa shape index (κ2) is 46.2. The van der Waals surface area contributed by atoms with E-state index in [-0.39, 0.29) is 99.4 Å². The fraction of sp³-hybridized carbons (Fsp3) is 0.333. The van der Waals surface area contributed by atoms with Crippen LogP contribution in [-0.2, 0) is 64.8 Å². The van der Waals surface area contributed by atoms with Crippen LogP contribution in [0.1, 0.15) is 186 Å². The van der Waals surface area contributed by atoms with Crippen LogP contribution < -0.4 is 15.2 Å². The molecule has 0 bridgehead atoms. The van der Waals surface area contributed by atoms with E-state index in [1.165, 1.54) is 92.7 Å². The predicted octanol–water partition coefficient (Wildman–Crippen LogP) is 23.2. The number of methoxy groups -OCH3 is 4. The number of benzene rings is 10. The summed E-state index contributed by atoms with van der Waals surface area (Å²) in [4.78, 5) is 94.7. The van der Waals surface area contributed by atoms with Crippen molar-refractivity contribution in [2.24, 2.45) is 51.6 Å². The number of carbonyl (C=O) groups excluding carboxylic acids is 6. The van der Waals surface area contributed by atoms with E-state index < -0.39 is 24.7 Å². The molecule has 5 N–H and O–H groups in total. The molecule has 6 aliphatic carbocycles. The number of nitrogens with zero attached hydrogens (tertiary/aromatic N) is 8. The molecule has 6 fully saturated rings. The van der Waals surface area contributed by atoms with Crippen molar-refractivity contribution in [1.29, 1.82) is 0 Å². The highest BCUT2D eigenvalue weighted by molar-refractivity contribution is 9.08. The van der Waals surface area contributed by atoms with E-state index in [9.17, 15) is 69.8 Å². The van der Waals surface area contributed by atoms with Crippen LogP contribution in [0.25, 0.3) is 54.5 Å². The molecule has 0 atom stereocenters. The monoisotopic (exact) mass is 2070 g/mol. The molecule has 758 valence electrons. The van der Waals surface area contributed by atoms with Crippen molar-refractivity contribution in [2.45, 2.75) is 161 Å². The van der Waals surface area contributed by atoms with Gasteiger partial charge >= 0.3 is 48.5 Å². The molecule has 15 aromatic rings. The Morgan fingerprint density at radius 2 is 0.745 bits per heavy atom. The smallest absolute Gasteiger partial charge is 0.481 e. The minimum Gasteiger partial charge on any atom is -0.481 e. The zero-order chi connectivity index (χ0) is 103. The number of aliphatic carboxylic acids is 1. The molecule has 6 aliphatic rings. The lowest BCUT2D eigenvalue weighted by Crippen LogP contribution is -2.54. The zero-order valence-electron chi connectivity index (χ0n) is 80.9. The minimum atomic E-state index is -4.74. The van der Waals surface area contributed by atoms with Crippen LogP contribution in [0.15, 0.2) is 249 Å². The molecule has 26 nitrogen and oxygen atoms in total. The number of halogens is 8. The Bertz CT molecular complexity index is 7100. The maximum Gasteiger partial charge on any atom is 0.573 e. The molecule has 3 spiro atoms. The number of Topliss-reactive ketones (excluding diaryl/α,β-unsaturated/α-hetero) is 2. The van der Waals surface area contributed by atoms with Gasteiger partial charge in [-0.25, -0.2) is 14.4 Å². The van der Waals surface area contributed by atoms with Crippen LogP contribution in [0.5, 0.6) is 11.5 Å². The Morgan fingerprint density at radius 3 is 1.12 bits per heavy atom. The van der Waals surface area contributed by atoms with Gasteiger partial charge in [0.05, 0.1) is 135 Å². The Balaban J connectivity index is 0.000000140. The first kappa shape index (κ1) is 106. The topological polar surface area (TPSA) is 345 Å². The number of aromatic carboxylic acids is 1. The number of aromatic amines is 1. The third-order valence-electron chi connectivity index (χ3n) is 27.8. The number of hydrogen-bond acceptors (Lipinski definition) is 19. The number of carboxylic acid groups (broad SMARTS) is 2. The summed E-state index contributed by atoms with van der Waals surface area (Å²) in [5.74, 6) is -2.52. The largest absolute Gasteiger partial charge is 0.573 e. The number of ketones is 2. The Hall–Kier alpha value is -14.3. The molecule has 145 heavy (non-hydrogen) atoms. The molecule has 0 unspecified atom stereocenters. The summed E-state index contributed by atoms with van der Waals surface area (Å²) in [5, 5.41) is 43.5. The molecular weight excluding hydrogens is 1960 g/mol. The third-order valence-corrected chi connectivity index (χ3v) is 28.4. The number of H-pyrrole nitrogens is 1. The first-order valence-electron chi connectivity index (χ1n) is 47.3. The summed E-state index contributed by atoms with van der Waals surface area (Å²) in [5.41, 5.74) is 21.6. The SMILES string of the molecule is COC(=O)C1CC2(CC(CC(=O)c3cccc4cnn(Cc5ccc(OC(F)(F)F)cc5)c34)C2)C1.COC(=O)C1CC2(CC(N)C2)C1.COC(=O)c1cccc2ccn(Cc3ccc(C)cc3)c12.COC(=O)c1cccc2cn[nH]c12.Cc1ccc(CBr)cc1.Cc1ccc(Cn2ncc3cccc(C(=O)O)c32)cc1.Cl.O=C(CC1CC2(C1)CC(C(=O)O)C2)c1cccc2cnn(Cc3ccc(OC(F)(F)F)cc3)c12. The van der Waals surface area contributed by atoms with Crippen molar-refractivity contribution >= 4 is 130 Å². The minimum absolute atomic E-state index is 0. The third kappa shape index (κ3) is 26.3. The number of hydrogen-bond donors (Lipinski definition) is 4. The number of ether oxygens (including phenoxy) is 6. The molecule has 5 heterocycles. The van der Waals surface area contributed by atoms with Gasteiger partial charge < -0.3 is 48.9 Å². The Morgan fingerprint density at radius 1 is 0.400 bits per heavy atom. The van der Waals surface area contributed by atoms with Gasteiger partial charge in [0.15, 0.2) is 11.6 Å². The number of aryl methyl sites for hydroxylation is 3. The summed E-state index contributed by atoms with van der Waals surface area (Å²) in [7, 11) is 5.64. The van der Waals surface area contributed by atoms with E-state index in [4.69, 9.17) is 20.3 Å². The number of esters is 4. The van der Waals surface area contributed by atoms with Crippen LogP contribution in [0.2, 0.25) is 0 Å². The predicted molar refractivity (Wildman–Crippen MR) is 541 cm³/mol. The fourth-order valence-corrected chi connectivity index (χ4v) is 21.3. The van der Waals surface area contributed by atoms with Gasteiger partial charge in [-0.2, -0.15) is 20.4 Å². The summed E-state index contributed by atoms with van der Waals surface area (Å²) in [6.07, 6.45) is 11.2. The van der Waals surface area contributed by atoms with Crippen molar-refractivity contribution < 1.29 is 103 Å². The maximum atomic E-state index is 13.2. The number of nitrogens with two attached hydrogens (primary N) is 1. The van der Waals surface area contributed by atoms with Crippen molar-refractivity contribution in [3.05, 3.63) is 322 Å². The number of carboxylic acids is 2. The summed E-state index contributed by atoms with van der Waals surface area (Å²) < 4.78 is 108. The van der Waals surface area contributed by atoms with E-state index in [0.29, 0.717) is 101 Å². The number of para-hydroxylation sites is 5. The van der Waals surface area contributed by atoms with Gasteiger partial charge in [-0.05, 0) is 214 Å². The first-order chi connectivity index (χ1) is 68.9. The van der Waals surface area contributed by atoms with E-state index in [1.54, 1.807) is 93.4 Å².